The van der Waals surface area contributed by atoms with E-state index in [-0.39, 0.29) is 48.5 Å². The number of para-hydroxylation sites is 1. The van der Waals surface area contributed by atoms with Crippen molar-refractivity contribution >= 4 is 49.0 Å². The molecule has 6 aromatic rings. The van der Waals surface area contributed by atoms with Gasteiger partial charge in [-0.25, -0.2) is 37.5 Å². The van der Waals surface area contributed by atoms with Gasteiger partial charge in [-0.05, 0) is 72.2 Å². The van der Waals surface area contributed by atoms with Crippen molar-refractivity contribution in [2.24, 2.45) is 0 Å². The Morgan fingerprint density at radius 1 is 1.01 bits per heavy atom. The van der Waals surface area contributed by atoms with Gasteiger partial charge in [-0.15, -0.1) is 17.8 Å². The van der Waals surface area contributed by atoms with Crippen molar-refractivity contribution in [3.05, 3.63) is 131 Å². The Morgan fingerprint density at radius 2 is 1.80 bits per heavy atom. The maximum absolute atomic E-state index is 14.2. The molecule has 0 radical (unpaired) electrons. The molecule has 2 aliphatic rings. The number of piperazine rings is 1. The standard InChI is InChI=1S/C50H48ClFN6O9S2/c1-4-40(51)43-11-7-9-39-45-48(54-31-55-49(45)68-46(39)32-12-14-34(52)15-13-32)67-44(50(59)60)27-33-26-36(64-30-37(66-43)28-58-22-20-57(21-23-58)24-25-69(3,61)62)16-17-41(33)65-29-35-18-19-53-47(56-35)38-8-5-6-10-42(38)63-2/h1,5-8,10-19,26,31,37,44H,9,20-25,27-30H2,2-3H3,(H,59,60)/b11-7-,43-40-/t37-,44-/m1/s1. The van der Waals surface area contributed by atoms with Crippen molar-refractivity contribution in [2.75, 3.05) is 65.0 Å². The number of halogens is 2. The molecule has 19 heteroatoms. The first-order valence-corrected chi connectivity index (χ1v) is 25.2. The van der Waals surface area contributed by atoms with Crippen LogP contribution < -0.4 is 18.9 Å². The van der Waals surface area contributed by atoms with E-state index >= 15 is 0 Å². The fourth-order valence-corrected chi connectivity index (χ4v) is 9.78. The summed E-state index contributed by atoms with van der Waals surface area (Å²) in [4.78, 5) is 37.0. The van der Waals surface area contributed by atoms with Crippen LogP contribution in [0.25, 0.3) is 32.0 Å². The number of ether oxygens (including phenoxy) is 5. The Balaban J connectivity index is 1.17. The summed E-state index contributed by atoms with van der Waals surface area (Å²) in [6.07, 6.45) is 11.5. The monoisotopic (exact) mass is 994 g/mol. The molecule has 1 fully saturated rings. The van der Waals surface area contributed by atoms with E-state index < -0.39 is 33.8 Å². The summed E-state index contributed by atoms with van der Waals surface area (Å²) in [5.41, 5.74) is 3.10. The third-order valence-electron chi connectivity index (χ3n) is 11.4. The molecule has 2 bridgehead atoms. The van der Waals surface area contributed by atoms with Gasteiger partial charge in [0.15, 0.2) is 5.82 Å². The first kappa shape index (κ1) is 48.8. The molecule has 69 heavy (non-hydrogen) atoms. The van der Waals surface area contributed by atoms with Crippen LogP contribution in [-0.4, -0.2) is 126 Å². The van der Waals surface area contributed by atoms with Crippen molar-refractivity contribution in [2.45, 2.75) is 31.7 Å². The molecule has 0 unspecified atom stereocenters. The molecule has 1 N–H and O–H groups in total. The molecule has 0 saturated carbocycles. The largest absolute Gasteiger partial charge is 0.496 e. The quantitative estimate of drug-likeness (QED) is 0.121. The predicted molar refractivity (Wildman–Crippen MR) is 261 cm³/mol. The maximum atomic E-state index is 14.2. The van der Waals surface area contributed by atoms with Crippen molar-refractivity contribution < 1.29 is 46.4 Å². The molecular formula is C50H48ClFN6O9S2. The number of hydrogen-bond donors (Lipinski definition) is 1. The zero-order chi connectivity index (χ0) is 48.5. The summed E-state index contributed by atoms with van der Waals surface area (Å²) in [7, 11) is -1.54. The van der Waals surface area contributed by atoms with Gasteiger partial charge in [-0.1, -0.05) is 47.9 Å². The molecule has 0 aliphatic carbocycles. The van der Waals surface area contributed by atoms with E-state index in [0.717, 1.165) is 4.88 Å². The minimum Gasteiger partial charge on any atom is -0.496 e. The number of sulfone groups is 1. The second-order valence-electron chi connectivity index (χ2n) is 16.3. The highest BCUT2D eigenvalue weighted by atomic mass is 35.5. The summed E-state index contributed by atoms with van der Waals surface area (Å²) in [5.74, 6) is 2.96. The van der Waals surface area contributed by atoms with Crippen LogP contribution in [0.1, 0.15) is 16.8 Å². The smallest absolute Gasteiger partial charge is 0.345 e. The number of hydrogen-bond acceptors (Lipinski definition) is 15. The number of terminal acetylenes is 1. The highest BCUT2D eigenvalue weighted by Crippen LogP contribution is 2.42. The maximum Gasteiger partial charge on any atom is 0.345 e. The van der Waals surface area contributed by atoms with Gasteiger partial charge >= 0.3 is 5.97 Å². The van der Waals surface area contributed by atoms with Gasteiger partial charge < -0.3 is 28.8 Å². The number of thiophene rings is 1. The van der Waals surface area contributed by atoms with Crippen LogP contribution >= 0.6 is 22.9 Å². The third-order valence-corrected chi connectivity index (χ3v) is 13.8. The number of carbonyl (C=O) groups is 1. The third kappa shape index (κ3) is 12.5. The van der Waals surface area contributed by atoms with Crippen molar-refractivity contribution in [1.82, 2.24) is 29.7 Å². The molecule has 2 atom stereocenters. The number of rotatable bonds is 12. The number of aromatic nitrogens is 4. The molecule has 15 nitrogen and oxygen atoms in total. The van der Waals surface area contributed by atoms with Gasteiger partial charge in [0.1, 0.15) is 74.2 Å². The van der Waals surface area contributed by atoms with Gasteiger partial charge in [0, 0.05) is 68.6 Å². The Kier molecular flexibility index (Phi) is 15.7. The fraction of sp³-hybridized carbons (Fsp3) is 0.300. The van der Waals surface area contributed by atoms with Gasteiger partial charge in [-0.3, -0.25) is 9.80 Å². The van der Waals surface area contributed by atoms with Crippen molar-refractivity contribution in [3.63, 3.8) is 0 Å². The average Bonchev–Trinajstić information content (AvgIpc) is 3.73. The van der Waals surface area contributed by atoms with Crippen LogP contribution in [0.4, 0.5) is 4.39 Å². The highest BCUT2D eigenvalue weighted by Gasteiger charge is 2.28. The topological polar surface area (TPSA) is 176 Å². The number of benzene rings is 3. The lowest BCUT2D eigenvalue weighted by Gasteiger charge is -2.36. The minimum atomic E-state index is -3.11. The molecule has 3 aromatic heterocycles. The number of fused-ring (bicyclic) bond motifs is 2. The molecule has 0 amide bonds. The second-order valence-corrected chi connectivity index (χ2v) is 19.9. The van der Waals surface area contributed by atoms with E-state index in [1.165, 1.54) is 36.1 Å². The number of allylic oxidation sites excluding steroid dienone is 3. The van der Waals surface area contributed by atoms with E-state index in [0.29, 0.717) is 101 Å². The lowest BCUT2D eigenvalue weighted by molar-refractivity contribution is -0.145. The Morgan fingerprint density at radius 3 is 2.55 bits per heavy atom. The van der Waals surface area contributed by atoms with E-state index in [2.05, 4.69) is 30.7 Å². The van der Waals surface area contributed by atoms with Gasteiger partial charge in [0.2, 0.25) is 12.0 Å². The van der Waals surface area contributed by atoms with E-state index in [4.69, 9.17) is 46.7 Å². The van der Waals surface area contributed by atoms with Gasteiger partial charge in [0.05, 0.1) is 29.5 Å². The lowest BCUT2D eigenvalue weighted by Crippen LogP contribution is -2.50. The highest BCUT2D eigenvalue weighted by molar-refractivity contribution is 7.90. The number of methoxy groups -OCH3 is 1. The zero-order valence-electron chi connectivity index (χ0n) is 37.7. The van der Waals surface area contributed by atoms with Crippen molar-refractivity contribution in [3.8, 4) is 57.3 Å². The van der Waals surface area contributed by atoms with E-state index in [1.54, 1.807) is 55.8 Å². The summed E-state index contributed by atoms with van der Waals surface area (Å²) in [6.45, 7) is 3.46. The summed E-state index contributed by atoms with van der Waals surface area (Å²) < 4.78 is 69.3. The Bertz CT molecular complexity index is 3030. The van der Waals surface area contributed by atoms with Crippen LogP contribution in [0.5, 0.6) is 23.1 Å². The SMILES string of the molecule is C#C/C(Cl)=C1\C=C/Cc2c(-c3ccc(F)cc3)sc3ncnc(c23)O[C@@H](C(=O)O)Cc2cc(ccc2OCc2ccnc(-c3ccccc3OC)n2)OC[C@@H](CN2CCN(CCS(C)(=O)=O)CC2)O1. The fourth-order valence-electron chi connectivity index (χ4n) is 7.92. The normalized spacial score (nSPS) is 18.4. The molecule has 0 spiro atoms. The van der Waals surface area contributed by atoms with E-state index in [9.17, 15) is 22.7 Å². The molecular weight excluding hydrogens is 947 g/mol. The number of nitrogens with zero attached hydrogens (tertiary/aromatic N) is 6. The first-order valence-electron chi connectivity index (χ1n) is 21.9. The summed E-state index contributed by atoms with van der Waals surface area (Å²) >= 11 is 8.02. The number of carboxylic acid groups (broad SMARTS) is 1. The lowest BCUT2D eigenvalue weighted by atomic mass is 10.0. The Labute approximate surface area is 408 Å². The van der Waals surface area contributed by atoms with Crippen LogP contribution in [-0.2, 0) is 38.8 Å². The number of carboxylic acids is 1. The predicted octanol–water partition coefficient (Wildman–Crippen LogP) is 7.24. The average molecular weight is 996 g/mol. The van der Waals surface area contributed by atoms with Gasteiger partial charge in [-0.2, -0.15) is 0 Å². The first-order chi connectivity index (χ1) is 33.3. The minimum absolute atomic E-state index is 0.00289. The van der Waals surface area contributed by atoms with E-state index in [1.807, 2.05) is 30.3 Å². The zero-order valence-corrected chi connectivity index (χ0v) is 40.1. The molecule has 3 aromatic carbocycles. The Hall–Kier alpha value is -6.62. The van der Waals surface area contributed by atoms with Crippen LogP contribution in [0, 0.1) is 18.2 Å². The van der Waals surface area contributed by atoms with Crippen LogP contribution in [0.2, 0.25) is 0 Å². The van der Waals surface area contributed by atoms with Gasteiger partial charge in [0.25, 0.3) is 0 Å². The molecule has 358 valence electrons. The molecule has 5 heterocycles. The molecule has 8 rings (SSSR count). The summed E-state index contributed by atoms with van der Waals surface area (Å²) in [5, 5.41) is 11.3. The van der Waals surface area contributed by atoms with Crippen molar-refractivity contribution in [1.29, 1.82) is 0 Å². The second kappa shape index (κ2) is 22.2. The van der Waals surface area contributed by atoms with Crippen LogP contribution in [0.3, 0.4) is 0 Å². The number of aliphatic carboxylic acids is 1. The molecule has 2 aliphatic heterocycles. The summed E-state index contributed by atoms with van der Waals surface area (Å²) in [6, 6.07) is 20.3. The molecule has 1 saturated heterocycles. The van der Waals surface area contributed by atoms with Crippen LogP contribution in [0.15, 0.2) is 108 Å².